The van der Waals surface area contributed by atoms with E-state index >= 15 is 0 Å². The van der Waals surface area contributed by atoms with Gasteiger partial charge in [0.25, 0.3) is 11.8 Å². The van der Waals surface area contributed by atoms with E-state index in [1.54, 1.807) is 6.92 Å². The fourth-order valence-corrected chi connectivity index (χ4v) is 3.62. The van der Waals surface area contributed by atoms with Crippen LogP contribution in [0.4, 0.5) is 0 Å². The van der Waals surface area contributed by atoms with Crippen LogP contribution >= 0.6 is 15.9 Å². The van der Waals surface area contributed by atoms with Crippen LogP contribution in [-0.4, -0.2) is 41.9 Å². The molecule has 1 N–H and O–H groups in total. The predicted molar refractivity (Wildman–Crippen MR) is 112 cm³/mol. The molecule has 3 rings (SSSR count). The Labute approximate surface area is 174 Å². The van der Waals surface area contributed by atoms with E-state index in [4.69, 9.17) is 4.74 Å². The molecule has 0 aliphatic carbocycles. The highest BCUT2D eigenvalue weighted by Crippen LogP contribution is 2.19. The standard InChI is InChI=1S/C22H25BrN2O3/c1-15-5-3-4-6-20(15)21(26)24-18-11-13-25(14-12-18)22(27)16(2)28-19-9-7-17(23)8-10-19/h3-10,16,18H,11-14H2,1-2H3,(H,24,26). The van der Waals surface area contributed by atoms with E-state index < -0.39 is 6.10 Å². The van der Waals surface area contributed by atoms with Crippen molar-refractivity contribution in [1.82, 2.24) is 10.2 Å². The number of carbonyl (C=O) groups excluding carboxylic acids is 2. The molecule has 6 heteroatoms. The lowest BCUT2D eigenvalue weighted by molar-refractivity contribution is -0.139. The monoisotopic (exact) mass is 444 g/mol. The number of halogens is 1. The molecule has 0 spiro atoms. The van der Waals surface area contributed by atoms with Gasteiger partial charge < -0.3 is 15.0 Å². The fourth-order valence-electron chi connectivity index (χ4n) is 3.36. The van der Waals surface area contributed by atoms with Gasteiger partial charge >= 0.3 is 0 Å². The summed E-state index contributed by atoms with van der Waals surface area (Å²) in [5.41, 5.74) is 1.67. The number of rotatable bonds is 5. The van der Waals surface area contributed by atoms with Gasteiger partial charge in [-0.3, -0.25) is 9.59 Å². The molecule has 148 valence electrons. The molecular formula is C22H25BrN2O3. The van der Waals surface area contributed by atoms with Crippen molar-refractivity contribution in [2.45, 2.75) is 38.8 Å². The molecule has 1 aliphatic heterocycles. The minimum atomic E-state index is -0.542. The Hall–Kier alpha value is -2.34. The summed E-state index contributed by atoms with van der Waals surface area (Å²) in [6.45, 7) is 4.94. The van der Waals surface area contributed by atoms with Gasteiger partial charge in [0.05, 0.1) is 0 Å². The summed E-state index contributed by atoms with van der Waals surface area (Å²) in [7, 11) is 0. The number of amides is 2. The van der Waals surface area contributed by atoms with Crippen LogP contribution in [-0.2, 0) is 4.79 Å². The zero-order chi connectivity index (χ0) is 20.1. The second-order valence-electron chi connectivity index (χ2n) is 7.10. The molecular weight excluding hydrogens is 420 g/mol. The first kappa shape index (κ1) is 20.4. The largest absolute Gasteiger partial charge is 0.481 e. The number of ether oxygens (including phenoxy) is 1. The third-order valence-electron chi connectivity index (χ3n) is 5.01. The molecule has 2 aromatic carbocycles. The first-order chi connectivity index (χ1) is 13.4. The highest BCUT2D eigenvalue weighted by molar-refractivity contribution is 9.10. The Morgan fingerprint density at radius 3 is 2.39 bits per heavy atom. The highest BCUT2D eigenvalue weighted by Gasteiger charge is 2.28. The third-order valence-corrected chi connectivity index (χ3v) is 5.53. The Morgan fingerprint density at radius 1 is 1.11 bits per heavy atom. The normalized spacial score (nSPS) is 15.8. The van der Waals surface area contributed by atoms with Crippen molar-refractivity contribution in [3.63, 3.8) is 0 Å². The molecule has 2 amide bonds. The summed E-state index contributed by atoms with van der Waals surface area (Å²) >= 11 is 3.38. The van der Waals surface area contributed by atoms with Gasteiger partial charge in [-0.05, 0) is 62.6 Å². The number of nitrogens with one attached hydrogen (secondary N) is 1. The number of carbonyl (C=O) groups is 2. The molecule has 0 saturated carbocycles. The lowest BCUT2D eigenvalue weighted by Gasteiger charge is -2.34. The lowest BCUT2D eigenvalue weighted by Crippen LogP contribution is -2.49. The Balaban J connectivity index is 1.49. The van der Waals surface area contributed by atoms with Crippen molar-refractivity contribution in [1.29, 1.82) is 0 Å². The average molecular weight is 445 g/mol. The van der Waals surface area contributed by atoms with Gasteiger partial charge in [-0.15, -0.1) is 0 Å². The second-order valence-corrected chi connectivity index (χ2v) is 8.02. The Bertz CT molecular complexity index is 830. The number of aryl methyl sites for hydroxylation is 1. The number of nitrogens with zero attached hydrogens (tertiary/aromatic N) is 1. The van der Waals surface area contributed by atoms with Crippen LogP contribution in [0.1, 0.15) is 35.7 Å². The van der Waals surface area contributed by atoms with Crippen LogP contribution in [0.3, 0.4) is 0 Å². The molecule has 0 radical (unpaired) electrons. The molecule has 1 atom stereocenters. The molecule has 1 heterocycles. The van der Waals surface area contributed by atoms with E-state index in [1.807, 2.05) is 60.4 Å². The van der Waals surface area contributed by atoms with Gasteiger partial charge in [-0.2, -0.15) is 0 Å². The van der Waals surface area contributed by atoms with Crippen LogP contribution in [0.25, 0.3) is 0 Å². The summed E-state index contributed by atoms with van der Waals surface area (Å²) in [4.78, 5) is 27.0. The van der Waals surface area contributed by atoms with Gasteiger partial charge in [-0.1, -0.05) is 34.1 Å². The van der Waals surface area contributed by atoms with Gasteiger partial charge in [0.15, 0.2) is 6.10 Å². The van der Waals surface area contributed by atoms with Crippen LogP contribution in [0.15, 0.2) is 53.0 Å². The van der Waals surface area contributed by atoms with E-state index in [2.05, 4.69) is 21.2 Å². The zero-order valence-electron chi connectivity index (χ0n) is 16.2. The molecule has 5 nitrogen and oxygen atoms in total. The first-order valence-electron chi connectivity index (χ1n) is 9.51. The van der Waals surface area contributed by atoms with Crippen LogP contribution in [0, 0.1) is 6.92 Å². The average Bonchev–Trinajstić information content (AvgIpc) is 2.70. The lowest BCUT2D eigenvalue weighted by atomic mass is 10.0. The van der Waals surface area contributed by atoms with Gasteiger partial charge in [0.1, 0.15) is 5.75 Å². The predicted octanol–water partition coefficient (Wildman–Crippen LogP) is 3.95. The summed E-state index contributed by atoms with van der Waals surface area (Å²) in [5, 5.41) is 3.10. The minimum absolute atomic E-state index is 0.0217. The van der Waals surface area contributed by atoms with Crippen LogP contribution < -0.4 is 10.1 Å². The molecule has 1 saturated heterocycles. The Kier molecular flexibility index (Phi) is 6.73. The summed E-state index contributed by atoms with van der Waals surface area (Å²) in [6.07, 6.45) is 0.946. The maximum Gasteiger partial charge on any atom is 0.263 e. The molecule has 1 aliphatic rings. The number of likely N-dealkylation sites (tertiary alicyclic amines) is 1. The summed E-state index contributed by atoms with van der Waals surface area (Å²) in [5.74, 6) is 0.603. The fraction of sp³-hybridized carbons (Fsp3) is 0.364. The summed E-state index contributed by atoms with van der Waals surface area (Å²) < 4.78 is 6.73. The molecule has 1 fully saturated rings. The quantitative estimate of drug-likeness (QED) is 0.759. The first-order valence-corrected chi connectivity index (χ1v) is 10.3. The van der Waals surface area contributed by atoms with Crippen LogP contribution in [0.5, 0.6) is 5.75 Å². The van der Waals surface area contributed by atoms with Crippen molar-refractivity contribution in [3.8, 4) is 5.75 Å². The third kappa shape index (κ3) is 5.13. The van der Waals surface area contributed by atoms with Gasteiger partial charge in [0.2, 0.25) is 0 Å². The maximum atomic E-state index is 12.7. The minimum Gasteiger partial charge on any atom is -0.481 e. The number of hydrogen-bond donors (Lipinski definition) is 1. The molecule has 1 unspecified atom stereocenters. The highest BCUT2D eigenvalue weighted by atomic mass is 79.9. The Morgan fingerprint density at radius 2 is 1.75 bits per heavy atom. The van der Waals surface area contributed by atoms with E-state index in [0.29, 0.717) is 24.4 Å². The van der Waals surface area contributed by atoms with Gasteiger partial charge in [-0.25, -0.2) is 0 Å². The molecule has 2 aromatic rings. The van der Waals surface area contributed by atoms with E-state index in [0.717, 1.165) is 22.9 Å². The number of benzene rings is 2. The van der Waals surface area contributed by atoms with Crippen molar-refractivity contribution in [2.75, 3.05) is 13.1 Å². The number of hydrogen-bond acceptors (Lipinski definition) is 3. The molecule has 28 heavy (non-hydrogen) atoms. The van der Waals surface area contributed by atoms with E-state index in [-0.39, 0.29) is 17.9 Å². The van der Waals surface area contributed by atoms with E-state index in [1.165, 1.54) is 0 Å². The zero-order valence-corrected chi connectivity index (χ0v) is 17.7. The van der Waals surface area contributed by atoms with Gasteiger partial charge in [0, 0.05) is 29.2 Å². The van der Waals surface area contributed by atoms with Crippen molar-refractivity contribution in [2.24, 2.45) is 0 Å². The number of piperidine rings is 1. The SMILES string of the molecule is Cc1ccccc1C(=O)NC1CCN(C(=O)C(C)Oc2ccc(Br)cc2)CC1. The van der Waals surface area contributed by atoms with Crippen molar-refractivity contribution in [3.05, 3.63) is 64.1 Å². The van der Waals surface area contributed by atoms with Crippen molar-refractivity contribution < 1.29 is 14.3 Å². The van der Waals surface area contributed by atoms with Crippen molar-refractivity contribution >= 4 is 27.7 Å². The topological polar surface area (TPSA) is 58.6 Å². The maximum absolute atomic E-state index is 12.7. The molecule has 0 bridgehead atoms. The summed E-state index contributed by atoms with van der Waals surface area (Å²) in [6, 6.07) is 15.1. The second kappa shape index (κ2) is 9.24. The molecule has 0 aromatic heterocycles. The smallest absolute Gasteiger partial charge is 0.263 e. The van der Waals surface area contributed by atoms with E-state index in [9.17, 15) is 9.59 Å². The van der Waals surface area contributed by atoms with Crippen LogP contribution in [0.2, 0.25) is 0 Å².